The van der Waals surface area contributed by atoms with Crippen LogP contribution in [0.5, 0.6) is 0 Å². The lowest BCUT2D eigenvalue weighted by molar-refractivity contribution is 0.414. The molecule has 2 rings (SSSR count). The second-order valence-electron chi connectivity index (χ2n) is 4.07. The van der Waals surface area contributed by atoms with Crippen molar-refractivity contribution in [1.29, 1.82) is 0 Å². The van der Waals surface area contributed by atoms with E-state index in [1.807, 2.05) is 0 Å². The van der Waals surface area contributed by atoms with E-state index in [4.69, 9.17) is 17.9 Å². The lowest BCUT2D eigenvalue weighted by atomic mass is 10.1. The SMILES string of the molecule is [2H]c1c(C([2H])([2H])S(=O)(=O)N([2H])C([2H])([2H])[2H])c([2H])c2c(CC([2H])([2H])N(C)C)c([2H])n([2H])c2c1[2H]. The van der Waals surface area contributed by atoms with Crippen molar-refractivity contribution in [3.63, 3.8) is 0 Å². The van der Waals surface area contributed by atoms with Gasteiger partial charge in [0.25, 0.3) is 0 Å². The number of H-pyrrole nitrogens is 1. The fraction of sp³-hybridized carbons (Fsp3) is 0.429. The Hall–Kier alpha value is -1.37. The summed E-state index contributed by atoms with van der Waals surface area (Å²) in [6.07, 6.45) is -1.25. The number of likely N-dealkylation sites (N-methyl/N-ethyl adjacent to an activating group) is 1. The molecule has 0 aliphatic carbocycles. The van der Waals surface area contributed by atoms with E-state index < -0.39 is 81.1 Å². The molecule has 1 heterocycles. The van der Waals surface area contributed by atoms with Gasteiger partial charge in [-0.25, -0.2) is 13.1 Å². The van der Waals surface area contributed by atoms with Crippen LogP contribution in [0.25, 0.3) is 10.9 Å². The normalized spacial score (nSPS) is 24.1. The lowest BCUT2D eigenvalue weighted by Gasteiger charge is -2.08. The Morgan fingerprint density at radius 2 is 2.40 bits per heavy atom. The number of nitrogens with one attached hydrogen (secondary N) is 2. The van der Waals surface area contributed by atoms with Gasteiger partial charge in [0.1, 0.15) is 1.41 Å². The van der Waals surface area contributed by atoms with Crippen LogP contribution in [0.15, 0.2) is 24.3 Å². The minimum absolute atomic E-state index is 0.301. The van der Waals surface area contributed by atoms with Gasteiger partial charge in [0.15, 0.2) is 1.41 Å². The molecule has 0 radical (unpaired) electrons. The summed E-state index contributed by atoms with van der Waals surface area (Å²) >= 11 is 0. The molecule has 20 heavy (non-hydrogen) atoms. The molecule has 110 valence electrons. The number of aromatic nitrogens is 1. The third kappa shape index (κ3) is 3.59. The number of hydrogen-bond donors (Lipinski definition) is 2. The molecule has 0 spiro atoms. The smallest absolute Gasteiger partial charge is 0.215 e. The van der Waals surface area contributed by atoms with E-state index in [-0.39, 0.29) is 5.56 Å². The largest absolute Gasteiger partial charge is 0.361 e. The van der Waals surface area contributed by atoms with Crippen molar-refractivity contribution in [1.82, 2.24) is 14.6 Å². The molecule has 0 fully saturated rings. The Morgan fingerprint density at radius 3 is 3.10 bits per heavy atom. The quantitative estimate of drug-likeness (QED) is 0.846. The predicted octanol–water partition coefficient (Wildman–Crippen LogP) is 1.32. The first kappa shape index (κ1) is 5.44. The highest BCUT2D eigenvalue weighted by atomic mass is 32.2. The molecule has 0 atom stereocenters. The molecular weight excluding hydrogens is 274 g/mol. The Bertz CT molecular complexity index is 1200. The number of aryl methyl sites for hydroxylation is 1. The molecule has 2 N–H and O–H groups in total. The summed E-state index contributed by atoms with van der Waals surface area (Å²) in [5.74, 6) is 0. The number of sulfonamides is 1. The van der Waals surface area contributed by atoms with Gasteiger partial charge in [0.2, 0.25) is 10.0 Å². The van der Waals surface area contributed by atoms with E-state index in [1.54, 1.807) is 0 Å². The van der Waals surface area contributed by atoms with Crippen molar-refractivity contribution < 1.29 is 26.3 Å². The van der Waals surface area contributed by atoms with Crippen LogP contribution in [-0.4, -0.2) is 45.9 Å². The molecule has 2 aromatic rings. The first-order chi connectivity index (χ1) is 14.6. The van der Waals surface area contributed by atoms with Gasteiger partial charge in [-0.1, -0.05) is 6.04 Å². The van der Waals surface area contributed by atoms with Gasteiger partial charge in [-0.3, -0.25) is 0 Å². The molecular formula is C14H21N3O2S. The van der Waals surface area contributed by atoms with Crippen LogP contribution >= 0.6 is 0 Å². The van der Waals surface area contributed by atoms with Crippen LogP contribution in [0.4, 0.5) is 0 Å². The third-order valence-electron chi connectivity index (χ3n) is 2.32. The monoisotopic (exact) mass is 308 g/mol. The molecule has 0 saturated heterocycles. The zero-order chi connectivity index (χ0) is 26.1. The van der Waals surface area contributed by atoms with Crippen LogP contribution < -0.4 is 4.72 Å². The van der Waals surface area contributed by atoms with E-state index in [1.165, 1.54) is 14.1 Å². The van der Waals surface area contributed by atoms with E-state index >= 15 is 0 Å². The zero-order valence-corrected chi connectivity index (χ0v) is 11.6. The van der Waals surface area contributed by atoms with Crippen molar-refractivity contribution in [2.75, 3.05) is 27.6 Å². The summed E-state index contributed by atoms with van der Waals surface area (Å²) in [6, 6.07) is -3.09. The molecule has 5 nitrogen and oxygen atoms in total. The Balaban J connectivity index is 3.00. The standard InChI is InChI=1S/C14H21N3O2S/c1-15-20(18,19)10-11-4-5-14-13(8-11)12(9-16-14)6-7-17(2)3/h4-5,8-9,15-16H,6-7,10H2,1-3H3/i1D3,4D,5D,7D2,8D,9D,10D2/hD2. The number of fused-ring (bicyclic) bond motifs is 1. The highest BCUT2D eigenvalue weighted by Gasteiger charge is 2.11. The molecule has 0 aliphatic heterocycles. The fourth-order valence-electron chi connectivity index (χ4n) is 1.45. The van der Waals surface area contributed by atoms with E-state index in [2.05, 4.69) is 0 Å². The first-order valence-corrected chi connectivity index (χ1v) is 6.91. The van der Waals surface area contributed by atoms with Gasteiger partial charge in [0, 0.05) is 33.2 Å². The van der Waals surface area contributed by atoms with Gasteiger partial charge >= 0.3 is 0 Å². The second kappa shape index (κ2) is 5.95. The maximum atomic E-state index is 12.7. The average Bonchev–Trinajstić information content (AvgIpc) is 2.89. The molecule has 0 bridgehead atoms. The minimum Gasteiger partial charge on any atom is -0.361 e. The van der Waals surface area contributed by atoms with Crippen LogP contribution in [0.1, 0.15) is 26.2 Å². The average molecular weight is 308 g/mol. The molecule has 0 unspecified atom stereocenters. The van der Waals surface area contributed by atoms with Crippen LogP contribution in [0.2, 0.25) is 2.82 Å². The zero-order valence-electron chi connectivity index (χ0n) is 23.8. The summed E-state index contributed by atoms with van der Waals surface area (Å²) < 4.78 is 126. The first-order valence-electron chi connectivity index (χ1n) is 11.9. The number of aromatic amines is 1. The van der Waals surface area contributed by atoms with Crippen molar-refractivity contribution >= 4 is 20.9 Å². The van der Waals surface area contributed by atoms with Crippen molar-refractivity contribution in [3.8, 4) is 0 Å². The van der Waals surface area contributed by atoms with Crippen LogP contribution in [-0.2, 0) is 22.1 Å². The Labute approximate surface area is 138 Å². The van der Waals surface area contributed by atoms with Crippen LogP contribution in [0, 0.1) is 0 Å². The Morgan fingerprint density at radius 1 is 1.60 bits per heavy atom. The number of hydrogen-bond acceptors (Lipinski definition) is 3. The van der Waals surface area contributed by atoms with Crippen molar-refractivity contribution in [3.05, 3.63) is 35.4 Å². The van der Waals surface area contributed by atoms with Crippen molar-refractivity contribution in [2.45, 2.75) is 12.1 Å². The minimum atomic E-state index is -5.68. The molecule has 6 heteroatoms. The second-order valence-corrected chi connectivity index (χ2v) is 5.41. The maximum Gasteiger partial charge on any atom is 0.215 e. The van der Waals surface area contributed by atoms with E-state index in [9.17, 15) is 8.42 Å². The topological polar surface area (TPSA) is 65.2 Å². The third-order valence-corrected chi connectivity index (χ3v) is 3.02. The fourth-order valence-corrected chi connectivity index (χ4v) is 1.85. The molecule has 0 saturated carbocycles. The van der Waals surface area contributed by atoms with Gasteiger partial charge in [-0.15, -0.1) is 0 Å². The van der Waals surface area contributed by atoms with Gasteiger partial charge < -0.3 is 9.88 Å². The highest BCUT2D eigenvalue weighted by molar-refractivity contribution is 7.88. The molecule has 1 aromatic carbocycles. The summed E-state index contributed by atoms with van der Waals surface area (Å²) in [4.78, 5) is 1.50. The summed E-state index contributed by atoms with van der Waals surface area (Å²) in [7, 11) is -2.91. The summed E-state index contributed by atoms with van der Waals surface area (Å²) in [5, 5.41) is -0.485. The maximum absolute atomic E-state index is 12.7. The van der Waals surface area contributed by atoms with Gasteiger partial charge in [0.05, 0.1) is 11.2 Å². The van der Waals surface area contributed by atoms with Gasteiger partial charge in [-0.05, 0) is 50.7 Å². The van der Waals surface area contributed by atoms with E-state index in [0.717, 1.165) is 4.90 Å². The highest BCUT2D eigenvalue weighted by Crippen LogP contribution is 2.21. The predicted molar refractivity (Wildman–Crippen MR) is 82.2 cm³/mol. The Kier molecular flexibility index (Phi) is 1.62. The molecule has 0 aliphatic rings. The lowest BCUT2D eigenvalue weighted by Crippen LogP contribution is -2.20. The number of benzene rings is 1. The van der Waals surface area contributed by atoms with Crippen molar-refractivity contribution in [2.24, 2.45) is 0 Å². The van der Waals surface area contributed by atoms with Gasteiger partial charge in [-0.2, -0.15) is 0 Å². The summed E-state index contributed by atoms with van der Waals surface area (Å²) in [5.41, 5.74) is -5.88. The molecule has 1 aromatic heterocycles. The van der Waals surface area contributed by atoms with Crippen LogP contribution in [0.3, 0.4) is 0 Å². The van der Waals surface area contributed by atoms with E-state index in [0.29, 0.717) is 4.98 Å². The number of nitrogens with zero attached hydrogens (tertiary/aromatic N) is 1. The molecule has 0 amide bonds. The number of rotatable bonds is 6. The summed E-state index contributed by atoms with van der Waals surface area (Å²) in [6.45, 7) is -5.72.